The van der Waals surface area contributed by atoms with Crippen LogP contribution >= 0.6 is 0 Å². The van der Waals surface area contributed by atoms with Crippen molar-refractivity contribution in [2.75, 3.05) is 0 Å². The van der Waals surface area contributed by atoms with Crippen LogP contribution in [0.1, 0.15) is 47.1 Å². The van der Waals surface area contributed by atoms with Crippen LogP contribution in [0.3, 0.4) is 0 Å². The van der Waals surface area contributed by atoms with Crippen molar-refractivity contribution in [2.45, 2.75) is 74.1 Å². The molecular weight excluding hydrogens is 477 g/mol. The van der Waals surface area contributed by atoms with Gasteiger partial charge in [-0.3, -0.25) is 0 Å². The average molecular weight is 512 g/mol. The van der Waals surface area contributed by atoms with Crippen molar-refractivity contribution >= 4 is 40.1 Å². The summed E-state index contributed by atoms with van der Waals surface area (Å²) in [5, 5.41) is 10.7. The zero-order valence-electron chi connectivity index (χ0n) is 19.1. The molecule has 0 aliphatic rings. The van der Waals surface area contributed by atoms with Gasteiger partial charge in [0.15, 0.2) is 0 Å². The van der Waals surface area contributed by atoms with E-state index in [4.69, 9.17) is 14.9 Å². The third-order valence-corrected chi connectivity index (χ3v) is 9.66. The van der Waals surface area contributed by atoms with Crippen LogP contribution < -0.4 is 8.90 Å². The van der Waals surface area contributed by atoms with Gasteiger partial charge in [0.25, 0.3) is 0 Å². The van der Waals surface area contributed by atoms with Crippen LogP contribution in [0.5, 0.6) is 0 Å². The van der Waals surface area contributed by atoms with Gasteiger partial charge in [-0.25, -0.2) is 0 Å². The average Bonchev–Trinajstić information content (AvgIpc) is 2.48. The van der Waals surface area contributed by atoms with Crippen molar-refractivity contribution < 1.29 is 19.1 Å². The van der Waals surface area contributed by atoms with Gasteiger partial charge in [-0.2, -0.15) is 0 Å². The number of amides is 2. The molecule has 29 heavy (non-hydrogen) atoms. The molecule has 1 aromatic carbocycles. The number of carbonyl (C=O) groups is 2. The second-order valence-electron chi connectivity index (χ2n) is 9.95. The van der Waals surface area contributed by atoms with E-state index in [-0.39, 0.29) is 12.5 Å². The zero-order chi connectivity index (χ0) is 22.6. The first-order valence-corrected chi connectivity index (χ1v) is 19.7. The molecular formula is C21H35N3O4Sn. The summed E-state index contributed by atoms with van der Waals surface area (Å²) < 4.78 is 11.9. The van der Waals surface area contributed by atoms with Gasteiger partial charge >= 0.3 is 179 Å². The Morgan fingerprint density at radius 3 is 2.00 bits per heavy atom. The number of benzene rings is 1. The molecule has 8 heteroatoms. The van der Waals surface area contributed by atoms with Crippen LogP contribution in [-0.4, -0.2) is 52.6 Å². The Balaban J connectivity index is 3.18. The van der Waals surface area contributed by atoms with Gasteiger partial charge < -0.3 is 0 Å². The number of nitrogens with one attached hydrogen (secondary N) is 2. The minimum absolute atomic E-state index is 0.133. The van der Waals surface area contributed by atoms with Crippen molar-refractivity contribution in [1.82, 2.24) is 10.2 Å². The van der Waals surface area contributed by atoms with Crippen molar-refractivity contribution in [3.63, 3.8) is 0 Å². The summed E-state index contributed by atoms with van der Waals surface area (Å²) in [7, 11) is 0. The van der Waals surface area contributed by atoms with Crippen LogP contribution in [-0.2, 0) is 16.0 Å². The normalized spacial score (nSPS) is 12.2. The molecule has 0 aliphatic carbocycles. The third-order valence-electron chi connectivity index (χ3n) is 3.66. The van der Waals surface area contributed by atoms with E-state index < -0.39 is 41.8 Å². The summed E-state index contributed by atoms with van der Waals surface area (Å²) in [5.74, 6) is -0.382. The molecule has 0 bridgehead atoms. The topological polar surface area (TPSA) is 91.7 Å². The van der Waals surface area contributed by atoms with E-state index in [0.29, 0.717) is 0 Å². The van der Waals surface area contributed by atoms with Crippen molar-refractivity contribution in [2.24, 2.45) is 0 Å². The van der Waals surface area contributed by atoms with E-state index in [0.717, 1.165) is 10.5 Å². The maximum atomic E-state index is 12.8. The molecule has 1 rings (SSSR count). The molecule has 0 heterocycles. The number of hydrogen-bond acceptors (Lipinski definition) is 5. The second-order valence-corrected chi connectivity index (χ2v) is 24.3. The summed E-state index contributed by atoms with van der Waals surface area (Å²) in [6, 6.07) is 7.94. The molecule has 0 spiro atoms. The Morgan fingerprint density at radius 1 is 1.00 bits per heavy atom. The molecule has 0 atom stereocenters. The van der Waals surface area contributed by atoms with E-state index >= 15 is 0 Å². The number of nitrogens with zero attached hydrogens (tertiary/aromatic N) is 1. The summed E-state index contributed by atoms with van der Waals surface area (Å²) in [6.45, 7) is 10.6. The molecule has 0 aromatic heterocycles. The minimum atomic E-state index is -2.47. The quantitative estimate of drug-likeness (QED) is 0.356. The molecule has 7 nitrogen and oxygen atoms in total. The van der Waals surface area contributed by atoms with Crippen LogP contribution in [0.15, 0.2) is 24.3 Å². The molecule has 0 saturated carbocycles. The molecule has 1 aromatic rings. The standard InChI is InChI=1S/C18H26N3O4.3CH3.Sn/c1-17(2,3)24-15(22)20-14(19)21(16(23)25-18(4,5)6)12-13-10-8-7-9-11-13;;;;/h7-10H,12H2,1-6H3,(H2,19,20,22);3*1H3;. The van der Waals surface area contributed by atoms with Gasteiger partial charge in [0.2, 0.25) is 0 Å². The first-order valence-electron chi connectivity index (χ1n) is 9.67. The second kappa shape index (κ2) is 9.36. The van der Waals surface area contributed by atoms with Gasteiger partial charge in [0, 0.05) is 0 Å². The number of hydrogen-bond donors (Lipinski definition) is 2. The summed E-state index contributed by atoms with van der Waals surface area (Å²) in [6.07, 6.45) is -1.49. The van der Waals surface area contributed by atoms with Crippen LogP contribution in [0, 0.1) is 5.41 Å². The molecule has 0 unspecified atom stereocenters. The Kier molecular flexibility index (Phi) is 8.16. The van der Waals surface area contributed by atoms with Crippen LogP contribution in [0.2, 0.25) is 14.8 Å². The van der Waals surface area contributed by atoms with Gasteiger partial charge in [-0.05, 0) is 0 Å². The number of guanidine groups is 1. The predicted molar refractivity (Wildman–Crippen MR) is 118 cm³/mol. The van der Waals surface area contributed by atoms with Crippen molar-refractivity contribution in [1.29, 1.82) is 5.41 Å². The maximum absolute atomic E-state index is 12.8. The van der Waals surface area contributed by atoms with E-state index in [1.807, 2.05) is 18.2 Å². The van der Waals surface area contributed by atoms with E-state index in [1.165, 1.54) is 3.58 Å². The summed E-state index contributed by atoms with van der Waals surface area (Å²) >= 11 is -2.47. The fraction of sp³-hybridized carbons (Fsp3) is 0.571. The van der Waals surface area contributed by atoms with Crippen LogP contribution in [0.4, 0.5) is 9.59 Å². The number of alkyl carbamates (subject to hydrolysis) is 1. The number of carbonyl (C=O) groups excluding carboxylic acids is 2. The first-order chi connectivity index (χ1) is 13.0. The fourth-order valence-corrected chi connectivity index (χ4v) is 7.49. The fourth-order valence-electron chi connectivity index (χ4n) is 2.58. The molecule has 0 aliphatic heterocycles. The molecule has 162 valence electrons. The van der Waals surface area contributed by atoms with Gasteiger partial charge in [-0.1, -0.05) is 0 Å². The molecule has 0 fully saturated rings. The Morgan fingerprint density at radius 2 is 1.52 bits per heavy atom. The van der Waals surface area contributed by atoms with Gasteiger partial charge in [0.05, 0.1) is 0 Å². The number of rotatable bonds is 3. The van der Waals surface area contributed by atoms with Gasteiger partial charge in [-0.15, -0.1) is 0 Å². The SMILES string of the molecule is CC(C)(C)OC(=O)NC(=N)N(Cc1cccc[c]1[Sn]([CH3])([CH3])[CH3])C(=O)OC(C)(C)C. The Labute approximate surface area is 178 Å². The predicted octanol–water partition coefficient (Wildman–Crippen LogP) is 4.43. The zero-order valence-corrected chi connectivity index (χ0v) is 22.0. The Bertz CT molecular complexity index is 758. The Hall–Kier alpha value is -1.77. The van der Waals surface area contributed by atoms with Crippen LogP contribution in [0.25, 0.3) is 0 Å². The first kappa shape index (κ1) is 25.3. The van der Waals surface area contributed by atoms with E-state index in [2.05, 4.69) is 26.2 Å². The monoisotopic (exact) mass is 513 g/mol. The number of ether oxygens (including phenoxy) is 2. The molecule has 0 radical (unpaired) electrons. The third kappa shape index (κ3) is 9.06. The summed E-state index contributed by atoms with van der Waals surface area (Å²) in [4.78, 5) is 32.9. The van der Waals surface area contributed by atoms with E-state index in [9.17, 15) is 9.59 Å². The molecule has 2 N–H and O–H groups in total. The molecule has 2 amide bonds. The molecule has 0 saturated heterocycles. The van der Waals surface area contributed by atoms with Gasteiger partial charge in [0.1, 0.15) is 0 Å². The van der Waals surface area contributed by atoms with Crippen molar-refractivity contribution in [3.05, 3.63) is 29.8 Å². The summed E-state index contributed by atoms with van der Waals surface area (Å²) in [5.41, 5.74) is -0.490. The van der Waals surface area contributed by atoms with E-state index in [1.54, 1.807) is 41.5 Å². The van der Waals surface area contributed by atoms with Crippen molar-refractivity contribution in [3.8, 4) is 0 Å².